The Morgan fingerprint density at radius 3 is 2.38 bits per heavy atom. The highest BCUT2D eigenvalue weighted by molar-refractivity contribution is 5.76. The number of piperidine rings is 1. The molecule has 2 aliphatic rings. The Bertz CT molecular complexity index is 333. The van der Waals surface area contributed by atoms with Gasteiger partial charge >= 0.3 is 12.1 Å². The molecule has 3 atom stereocenters. The molecule has 1 aliphatic carbocycles. The molecule has 0 bridgehead atoms. The number of rotatable bonds is 1. The van der Waals surface area contributed by atoms with Gasteiger partial charge in [0.1, 0.15) is 5.60 Å². The highest BCUT2D eigenvalue weighted by atomic mass is 16.6. The second kappa shape index (κ2) is 3.37. The minimum absolute atomic E-state index is 0.0935. The van der Waals surface area contributed by atoms with Crippen molar-refractivity contribution in [3.63, 3.8) is 0 Å². The maximum absolute atomic E-state index is 11.7. The number of aliphatic carboxylic acids is 1. The van der Waals surface area contributed by atoms with Gasteiger partial charge < -0.3 is 14.7 Å². The van der Waals surface area contributed by atoms with Crippen LogP contribution in [-0.2, 0) is 9.53 Å². The Morgan fingerprint density at radius 2 is 2.00 bits per heavy atom. The van der Waals surface area contributed by atoms with E-state index in [1.165, 1.54) is 0 Å². The van der Waals surface area contributed by atoms with Gasteiger partial charge in [-0.1, -0.05) is 0 Å². The second-order valence-electron chi connectivity index (χ2n) is 5.54. The number of carbonyl (C=O) groups excluding carboxylic acids is 1. The van der Waals surface area contributed by atoms with Gasteiger partial charge in [-0.15, -0.1) is 0 Å². The molecular formula is C11H17NO4. The summed E-state index contributed by atoms with van der Waals surface area (Å²) in [6, 6.07) is 0.0935. The van der Waals surface area contributed by atoms with Crippen LogP contribution < -0.4 is 0 Å². The molecule has 0 aromatic carbocycles. The van der Waals surface area contributed by atoms with Crippen molar-refractivity contribution in [2.45, 2.75) is 38.8 Å². The lowest BCUT2D eigenvalue weighted by Crippen LogP contribution is -2.69. The number of carboxylic acid groups (broad SMARTS) is 1. The van der Waals surface area contributed by atoms with E-state index in [2.05, 4.69) is 0 Å². The quantitative estimate of drug-likeness (QED) is 0.733. The standard InChI is InChI=1S/C11H17NO4/c1-11(2,3)16-10(15)12-5-7-6(9(13)14)4-8(7)12/h6-8H,4-5H2,1-3H3,(H,13,14). The van der Waals surface area contributed by atoms with Crippen LogP contribution in [0.4, 0.5) is 4.79 Å². The minimum Gasteiger partial charge on any atom is -0.481 e. The first-order chi connectivity index (χ1) is 7.29. The summed E-state index contributed by atoms with van der Waals surface area (Å²) >= 11 is 0. The van der Waals surface area contributed by atoms with Crippen LogP contribution in [0.1, 0.15) is 27.2 Å². The molecule has 0 aromatic heterocycles. The Kier molecular flexibility index (Phi) is 2.36. The average Bonchev–Trinajstić information content (AvgIpc) is 2.04. The van der Waals surface area contributed by atoms with E-state index in [4.69, 9.17) is 9.84 Å². The second-order valence-corrected chi connectivity index (χ2v) is 5.54. The van der Waals surface area contributed by atoms with Crippen molar-refractivity contribution in [3.05, 3.63) is 0 Å². The van der Waals surface area contributed by atoms with E-state index < -0.39 is 11.6 Å². The number of carboxylic acids is 1. The van der Waals surface area contributed by atoms with E-state index >= 15 is 0 Å². The fourth-order valence-electron chi connectivity index (χ4n) is 2.33. The molecule has 16 heavy (non-hydrogen) atoms. The van der Waals surface area contributed by atoms with Gasteiger partial charge in [-0.05, 0) is 27.2 Å². The number of carbonyl (C=O) groups is 2. The Balaban J connectivity index is 1.85. The molecule has 1 heterocycles. The Morgan fingerprint density at radius 1 is 1.38 bits per heavy atom. The van der Waals surface area contributed by atoms with Gasteiger partial charge in [0, 0.05) is 18.5 Å². The maximum atomic E-state index is 11.7. The summed E-state index contributed by atoms with van der Waals surface area (Å²) in [6.07, 6.45) is 0.247. The first kappa shape index (κ1) is 11.2. The van der Waals surface area contributed by atoms with Crippen LogP contribution in [0.15, 0.2) is 0 Å². The average molecular weight is 227 g/mol. The van der Waals surface area contributed by atoms with E-state index in [0.29, 0.717) is 13.0 Å². The highest BCUT2D eigenvalue weighted by Gasteiger charge is 2.58. The van der Waals surface area contributed by atoms with E-state index in [-0.39, 0.29) is 24.0 Å². The molecular weight excluding hydrogens is 210 g/mol. The molecule has 1 amide bonds. The molecule has 0 spiro atoms. The van der Waals surface area contributed by atoms with Crippen LogP contribution in [0.3, 0.4) is 0 Å². The fourth-order valence-corrected chi connectivity index (χ4v) is 2.33. The summed E-state index contributed by atoms with van der Waals surface area (Å²) in [6.45, 7) is 5.99. The van der Waals surface area contributed by atoms with Crippen LogP contribution >= 0.6 is 0 Å². The maximum Gasteiger partial charge on any atom is 0.410 e. The molecule has 1 N–H and O–H groups in total. The van der Waals surface area contributed by atoms with Gasteiger partial charge in [-0.25, -0.2) is 4.79 Å². The summed E-state index contributed by atoms with van der Waals surface area (Å²) in [5, 5.41) is 8.83. The van der Waals surface area contributed by atoms with E-state index in [9.17, 15) is 9.59 Å². The number of nitrogens with zero attached hydrogens (tertiary/aromatic N) is 1. The molecule has 5 heteroatoms. The zero-order valence-electron chi connectivity index (χ0n) is 9.77. The van der Waals surface area contributed by atoms with Crippen LogP contribution in [0, 0.1) is 11.8 Å². The van der Waals surface area contributed by atoms with Crippen molar-refractivity contribution in [2.75, 3.05) is 6.54 Å². The van der Waals surface area contributed by atoms with Gasteiger partial charge in [-0.3, -0.25) is 4.79 Å². The zero-order chi connectivity index (χ0) is 12.1. The monoisotopic (exact) mass is 227 g/mol. The lowest BCUT2D eigenvalue weighted by molar-refractivity contribution is -0.166. The Labute approximate surface area is 94.4 Å². The molecule has 1 aliphatic heterocycles. The first-order valence-corrected chi connectivity index (χ1v) is 5.52. The van der Waals surface area contributed by atoms with Crippen LogP contribution in [-0.4, -0.2) is 40.3 Å². The third-order valence-corrected chi connectivity index (χ3v) is 3.26. The third-order valence-electron chi connectivity index (χ3n) is 3.26. The summed E-state index contributed by atoms with van der Waals surface area (Å²) in [5.74, 6) is -0.862. The van der Waals surface area contributed by atoms with E-state index in [1.54, 1.807) is 4.90 Å². The number of ether oxygens (including phenoxy) is 1. The third kappa shape index (κ3) is 1.74. The molecule has 1 saturated carbocycles. The first-order valence-electron chi connectivity index (χ1n) is 5.52. The van der Waals surface area contributed by atoms with Crippen molar-refractivity contribution in [1.82, 2.24) is 4.90 Å². The molecule has 0 aromatic rings. The fraction of sp³-hybridized carbons (Fsp3) is 0.818. The van der Waals surface area contributed by atoms with Crippen LogP contribution in [0.5, 0.6) is 0 Å². The van der Waals surface area contributed by atoms with Gasteiger partial charge in [0.05, 0.1) is 5.92 Å². The summed E-state index contributed by atoms with van der Waals surface area (Å²) in [5.41, 5.74) is -0.488. The number of likely N-dealkylation sites (tertiary alicyclic amines) is 1. The van der Waals surface area contributed by atoms with Crippen LogP contribution in [0.2, 0.25) is 0 Å². The van der Waals surface area contributed by atoms with Crippen molar-refractivity contribution >= 4 is 12.1 Å². The molecule has 90 valence electrons. The normalized spacial score (nSPS) is 32.2. The van der Waals surface area contributed by atoms with E-state index in [0.717, 1.165) is 0 Å². The van der Waals surface area contributed by atoms with Crippen LogP contribution in [0.25, 0.3) is 0 Å². The number of fused-ring (bicyclic) bond motifs is 1. The van der Waals surface area contributed by atoms with Crippen molar-refractivity contribution < 1.29 is 19.4 Å². The molecule has 2 fully saturated rings. The topological polar surface area (TPSA) is 66.8 Å². The summed E-state index contributed by atoms with van der Waals surface area (Å²) < 4.78 is 5.23. The zero-order valence-corrected chi connectivity index (χ0v) is 9.77. The van der Waals surface area contributed by atoms with Crippen molar-refractivity contribution in [2.24, 2.45) is 11.8 Å². The summed E-state index contributed by atoms with van der Waals surface area (Å²) in [4.78, 5) is 24.0. The lowest BCUT2D eigenvalue weighted by Gasteiger charge is -2.58. The molecule has 1 saturated heterocycles. The predicted molar refractivity (Wildman–Crippen MR) is 56.0 cm³/mol. The lowest BCUT2D eigenvalue weighted by atomic mass is 9.63. The van der Waals surface area contributed by atoms with Gasteiger partial charge in [0.25, 0.3) is 0 Å². The van der Waals surface area contributed by atoms with E-state index in [1.807, 2.05) is 20.8 Å². The SMILES string of the molecule is CC(C)(C)OC(=O)N1CC2C(C(=O)O)CC21. The smallest absolute Gasteiger partial charge is 0.410 e. The van der Waals surface area contributed by atoms with Gasteiger partial charge in [-0.2, -0.15) is 0 Å². The minimum atomic E-state index is -0.745. The number of hydrogen-bond donors (Lipinski definition) is 1. The molecule has 0 radical (unpaired) electrons. The number of amides is 1. The Hall–Kier alpha value is -1.26. The molecule has 5 nitrogen and oxygen atoms in total. The van der Waals surface area contributed by atoms with Gasteiger partial charge in [0.15, 0.2) is 0 Å². The van der Waals surface area contributed by atoms with Gasteiger partial charge in [0.2, 0.25) is 0 Å². The predicted octanol–water partition coefficient (Wildman–Crippen LogP) is 1.33. The number of hydrogen-bond acceptors (Lipinski definition) is 3. The summed E-state index contributed by atoms with van der Waals surface area (Å²) in [7, 11) is 0. The molecule has 2 rings (SSSR count). The molecule has 3 unspecified atom stereocenters. The van der Waals surface area contributed by atoms with Crippen molar-refractivity contribution in [1.29, 1.82) is 0 Å². The highest BCUT2D eigenvalue weighted by Crippen LogP contribution is 2.47. The largest absolute Gasteiger partial charge is 0.481 e. The van der Waals surface area contributed by atoms with Crippen molar-refractivity contribution in [3.8, 4) is 0 Å².